The van der Waals surface area contributed by atoms with Crippen LogP contribution in [0.25, 0.3) is 33.2 Å². The van der Waals surface area contributed by atoms with Crippen molar-refractivity contribution >= 4 is 11.3 Å². The minimum Gasteiger partial charge on any atom is -0.492 e. The predicted molar refractivity (Wildman–Crippen MR) is 135 cm³/mol. The zero-order valence-corrected chi connectivity index (χ0v) is 21.0. The van der Waals surface area contributed by atoms with E-state index in [0.29, 0.717) is 12.6 Å². The fourth-order valence-corrected chi connectivity index (χ4v) is 5.79. The molecule has 1 N–H and O–H groups in total. The zero-order valence-electron chi connectivity index (χ0n) is 20.2. The minimum absolute atomic E-state index is 0.200. The number of aryl methyl sites for hydroxylation is 1. The van der Waals surface area contributed by atoms with E-state index >= 15 is 0 Å². The van der Waals surface area contributed by atoms with E-state index in [1.165, 1.54) is 4.88 Å². The molecule has 0 spiro atoms. The Kier molecular flexibility index (Phi) is 5.66. The molecule has 35 heavy (non-hydrogen) atoms. The lowest BCUT2D eigenvalue weighted by Gasteiger charge is -2.38. The Morgan fingerprint density at radius 3 is 2.86 bits per heavy atom. The Morgan fingerprint density at radius 2 is 2.06 bits per heavy atom. The van der Waals surface area contributed by atoms with E-state index in [4.69, 9.17) is 14.8 Å². The van der Waals surface area contributed by atoms with Gasteiger partial charge >= 0.3 is 0 Å². The quantitative estimate of drug-likeness (QED) is 0.440. The second-order valence-electron chi connectivity index (χ2n) is 9.47. The van der Waals surface area contributed by atoms with Gasteiger partial charge in [0.15, 0.2) is 10.8 Å². The first-order valence-corrected chi connectivity index (χ1v) is 12.9. The van der Waals surface area contributed by atoms with E-state index in [9.17, 15) is 0 Å². The number of aliphatic hydroxyl groups excluding tert-OH is 1. The summed E-state index contributed by atoms with van der Waals surface area (Å²) in [5.41, 5.74) is 4.15. The molecule has 2 aliphatic heterocycles. The third kappa shape index (κ3) is 4.05. The average Bonchev–Trinajstić information content (AvgIpc) is 3.52. The summed E-state index contributed by atoms with van der Waals surface area (Å²) in [5.74, 6) is 2.44. The topological polar surface area (TPSA) is 94.1 Å². The molecule has 0 amide bonds. The number of β-amino-alcohol motifs (C(OH)–C–C–N with tert-alkyl or cyclic N) is 1. The smallest absolute Gasteiger partial charge is 0.187 e. The fourth-order valence-electron chi connectivity index (χ4n) is 4.75. The highest BCUT2D eigenvalue weighted by Crippen LogP contribution is 2.42. The lowest BCUT2D eigenvalue weighted by molar-refractivity contribution is 0.0774. The maximum Gasteiger partial charge on any atom is 0.187 e. The number of nitrogens with zero attached hydrogens (tertiary/aromatic N) is 7. The Morgan fingerprint density at radius 1 is 1.20 bits per heavy atom. The van der Waals surface area contributed by atoms with Gasteiger partial charge in [-0.25, -0.2) is 14.6 Å². The molecule has 0 saturated carbocycles. The predicted octanol–water partition coefficient (Wildman–Crippen LogP) is 3.61. The second kappa shape index (κ2) is 8.85. The molecule has 4 aromatic rings. The highest BCUT2D eigenvalue weighted by atomic mass is 32.1. The molecule has 9 nitrogen and oxygen atoms in total. The van der Waals surface area contributed by atoms with Crippen LogP contribution in [0.15, 0.2) is 30.6 Å². The minimum atomic E-state index is 0.200. The number of likely N-dealkylation sites (tertiary alicyclic amines) is 1. The largest absolute Gasteiger partial charge is 0.492 e. The molecule has 0 unspecified atom stereocenters. The average molecular weight is 492 g/mol. The van der Waals surface area contributed by atoms with Crippen molar-refractivity contribution in [1.82, 2.24) is 34.4 Å². The molecule has 6 rings (SSSR count). The summed E-state index contributed by atoms with van der Waals surface area (Å²) in [7, 11) is 0. The van der Waals surface area contributed by atoms with Crippen LogP contribution < -0.4 is 4.74 Å². The van der Waals surface area contributed by atoms with Crippen LogP contribution in [0, 0.1) is 6.92 Å². The first kappa shape index (κ1) is 22.4. The van der Waals surface area contributed by atoms with Crippen LogP contribution in [-0.2, 0) is 6.42 Å². The summed E-state index contributed by atoms with van der Waals surface area (Å²) in [5, 5.41) is 19.2. The molecule has 1 fully saturated rings. The van der Waals surface area contributed by atoms with E-state index in [-0.39, 0.29) is 12.6 Å². The molecule has 10 heteroatoms. The number of thiazole rings is 1. The molecule has 3 aromatic heterocycles. The van der Waals surface area contributed by atoms with Crippen LogP contribution in [0.4, 0.5) is 0 Å². The first-order valence-electron chi connectivity index (χ1n) is 12.1. The SMILES string of the molecule is Cc1nc(-c2nc3c(s2)CCOc2cc(-c4cnn(C5CN(CCO)C5)c4)ccc2-3)n(C(C)C)n1. The molecule has 1 saturated heterocycles. The van der Waals surface area contributed by atoms with Crippen molar-refractivity contribution in [3.8, 4) is 39.0 Å². The molecule has 5 heterocycles. The molecule has 0 bridgehead atoms. The first-order chi connectivity index (χ1) is 17.0. The van der Waals surface area contributed by atoms with Gasteiger partial charge in [0.1, 0.15) is 11.6 Å². The van der Waals surface area contributed by atoms with E-state index in [0.717, 1.165) is 70.8 Å². The van der Waals surface area contributed by atoms with Crippen molar-refractivity contribution in [2.24, 2.45) is 0 Å². The molecule has 0 aliphatic carbocycles. The van der Waals surface area contributed by atoms with Crippen molar-refractivity contribution in [2.75, 3.05) is 32.8 Å². The number of rotatable bonds is 6. The van der Waals surface area contributed by atoms with E-state index in [1.54, 1.807) is 11.3 Å². The summed E-state index contributed by atoms with van der Waals surface area (Å²) < 4.78 is 10.2. The number of aliphatic hydroxyl groups is 1. The summed E-state index contributed by atoms with van der Waals surface area (Å²) in [6, 6.07) is 6.91. The maximum atomic E-state index is 9.10. The highest BCUT2D eigenvalue weighted by Gasteiger charge is 2.28. The third-order valence-corrected chi connectivity index (χ3v) is 7.71. The number of aromatic nitrogens is 6. The second-order valence-corrected chi connectivity index (χ2v) is 10.6. The van der Waals surface area contributed by atoms with Crippen molar-refractivity contribution in [3.05, 3.63) is 41.3 Å². The number of ether oxygens (including phenoxy) is 1. The van der Waals surface area contributed by atoms with Crippen LogP contribution in [0.5, 0.6) is 5.75 Å². The van der Waals surface area contributed by atoms with Crippen molar-refractivity contribution in [1.29, 1.82) is 0 Å². The van der Waals surface area contributed by atoms with Gasteiger partial charge in [0, 0.05) is 54.3 Å². The molecule has 182 valence electrons. The van der Waals surface area contributed by atoms with Crippen molar-refractivity contribution in [2.45, 2.75) is 39.3 Å². The summed E-state index contributed by atoms with van der Waals surface area (Å²) in [6.45, 7) is 9.53. The monoisotopic (exact) mass is 491 g/mol. The summed E-state index contributed by atoms with van der Waals surface area (Å²) in [4.78, 5) is 13.1. The van der Waals surface area contributed by atoms with Crippen LogP contribution in [-0.4, -0.2) is 72.4 Å². The maximum absolute atomic E-state index is 9.10. The standard InChI is InChI=1S/C25H29N7O2S/c1-15(2)32-24(27-16(3)29-32)25-28-23-20-5-4-17(10-21(20)34-9-6-22(23)35-25)18-11-26-31(12-18)19-13-30(14-19)7-8-33/h4-5,10-12,15,19,33H,6-9,13-14H2,1-3H3. The third-order valence-electron chi connectivity index (χ3n) is 6.60. The van der Waals surface area contributed by atoms with Crippen LogP contribution in [0.2, 0.25) is 0 Å². The number of hydrogen-bond donors (Lipinski definition) is 1. The Bertz CT molecular complexity index is 1370. The molecular weight excluding hydrogens is 462 g/mol. The van der Waals surface area contributed by atoms with E-state index in [1.807, 2.05) is 22.5 Å². The van der Waals surface area contributed by atoms with Gasteiger partial charge in [-0.2, -0.15) is 10.2 Å². The summed E-state index contributed by atoms with van der Waals surface area (Å²) in [6.07, 6.45) is 4.84. The fraction of sp³-hybridized carbons (Fsp3) is 0.440. The van der Waals surface area contributed by atoms with Crippen molar-refractivity contribution in [3.63, 3.8) is 0 Å². The lowest BCUT2D eigenvalue weighted by Crippen LogP contribution is -2.48. The normalized spacial score (nSPS) is 16.0. The molecule has 1 aromatic carbocycles. The Hall–Kier alpha value is -3.08. The van der Waals surface area contributed by atoms with Crippen LogP contribution in [0.1, 0.15) is 36.6 Å². The number of benzene rings is 1. The van der Waals surface area contributed by atoms with Gasteiger partial charge in [-0.05, 0) is 38.5 Å². The molecule has 0 atom stereocenters. The van der Waals surface area contributed by atoms with Crippen LogP contribution in [0.3, 0.4) is 0 Å². The molecule has 2 aliphatic rings. The van der Waals surface area contributed by atoms with Gasteiger partial charge < -0.3 is 9.84 Å². The van der Waals surface area contributed by atoms with E-state index in [2.05, 4.69) is 58.3 Å². The van der Waals surface area contributed by atoms with Gasteiger partial charge in [-0.1, -0.05) is 6.07 Å². The van der Waals surface area contributed by atoms with Gasteiger partial charge in [0.2, 0.25) is 0 Å². The molecular formula is C25H29N7O2S. The Labute approximate surface area is 208 Å². The number of fused-ring (bicyclic) bond motifs is 3. The highest BCUT2D eigenvalue weighted by molar-refractivity contribution is 7.15. The Balaban J connectivity index is 1.29. The van der Waals surface area contributed by atoms with Crippen LogP contribution >= 0.6 is 11.3 Å². The zero-order chi connectivity index (χ0) is 24.1. The lowest BCUT2D eigenvalue weighted by atomic mass is 10.0. The molecule has 0 radical (unpaired) electrons. The van der Waals surface area contributed by atoms with Gasteiger partial charge in [0.05, 0.1) is 31.1 Å². The summed E-state index contributed by atoms with van der Waals surface area (Å²) >= 11 is 1.68. The van der Waals surface area contributed by atoms with Crippen molar-refractivity contribution < 1.29 is 9.84 Å². The van der Waals surface area contributed by atoms with Gasteiger partial charge in [-0.15, -0.1) is 11.3 Å². The number of hydrogen-bond acceptors (Lipinski definition) is 8. The van der Waals surface area contributed by atoms with Gasteiger partial charge in [0.25, 0.3) is 0 Å². The van der Waals surface area contributed by atoms with E-state index < -0.39 is 0 Å². The van der Waals surface area contributed by atoms with Gasteiger partial charge in [-0.3, -0.25) is 9.58 Å².